The van der Waals surface area contributed by atoms with E-state index >= 15 is 0 Å². The summed E-state index contributed by atoms with van der Waals surface area (Å²) < 4.78 is 33.1. The van der Waals surface area contributed by atoms with Crippen LogP contribution in [0.5, 0.6) is 11.5 Å². The molecule has 21 heavy (non-hydrogen) atoms. The van der Waals surface area contributed by atoms with Gasteiger partial charge in [-0.1, -0.05) is 0 Å². The number of amides is 1. The van der Waals surface area contributed by atoms with Crippen molar-refractivity contribution in [3.8, 4) is 11.5 Å². The Kier molecular flexibility index (Phi) is 3.40. The zero-order valence-electron chi connectivity index (χ0n) is 11.3. The number of nitrogens with one attached hydrogen (secondary N) is 1. The van der Waals surface area contributed by atoms with E-state index in [9.17, 15) is 13.2 Å². The fourth-order valence-electron chi connectivity index (χ4n) is 2.52. The molecule has 8 heteroatoms. The van der Waals surface area contributed by atoms with Crippen LogP contribution >= 0.6 is 0 Å². The largest absolute Gasteiger partial charge is 0.454 e. The van der Waals surface area contributed by atoms with Gasteiger partial charge >= 0.3 is 0 Å². The van der Waals surface area contributed by atoms with Crippen LogP contribution in [-0.2, 0) is 9.84 Å². The lowest BCUT2D eigenvalue weighted by Gasteiger charge is -2.11. The van der Waals surface area contributed by atoms with Crippen molar-refractivity contribution in [3.63, 3.8) is 0 Å². The van der Waals surface area contributed by atoms with Gasteiger partial charge in [0, 0.05) is 18.3 Å². The number of fused-ring (bicyclic) bond motifs is 1. The van der Waals surface area contributed by atoms with Gasteiger partial charge in [-0.25, -0.2) is 8.42 Å². The Morgan fingerprint density at radius 1 is 1.33 bits per heavy atom. The van der Waals surface area contributed by atoms with Crippen LogP contribution in [0.2, 0.25) is 0 Å². The molecule has 114 valence electrons. The highest BCUT2D eigenvalue weighted by Gasteiger charge is 2.28. The summed E-state index contributed by atoms with van der Waals surface area (Å²) in [5.41, 5.74) is 6.44. The molecule has 1 amide bonds. The second-order valence-electron chi connectivity index (χ2n) is 5.27. The number of carbonyl (C=O) groups excluding carboxylic acids is 1. The van der Waals surface area contributed by atoms with E-state index in [1.54, 1.807) is 12.1 Å². The van der Waals surface area contributed by atoms with Crippen molar-refractivity contribution in [1.82, 2.24) is 5.32 Å². The molecule has 0 spiro atoms. The van der Waals surface area contributed by atoms with Gasteiger partial charge in [-0.3, -0.25) is 4.79 Å². The van der Waals surface area contributed by atoms with Crippen LogP contribution in [0.25, 0.3) is 0 Å². The van der Waals surface area contributed by atoms with Crippen molar-refractivity contribution in [1.29, 1.82) is 0 Å². The molecule has 1 aromatic carbocycles. The zero-order valence-corrected chi connectivity index (χ0v) is 12.1. The second kappa shape index (κ2) is 5.10. The van der Waals surface area contributed by atoms with Gasteiger partial charge in [-0.15, -0.1) is 0 Å². The third-order valence-electron chi connectivity index (χ3n) is 3.67. The molecule has 0 aliphatic carbocycles. The standard InChI is InChI=1S/C13H16N2O5S/c14-10-4-12-11(19-7-20-12)3-9(10)13(16)15-5-8-1-2-21(17,18)6-8/h3-4,8H,1-2,5-7,14H2,(H,15,16). The van der Waals surface area contributed by atoms with E-state index < -0.39 is 9.84 Å². The van der Waals surface area contributed by atoms with Gasteiger partial charge in [0.2, 0.25) is 6.79 Å². The monoisotopic (exact) mass is 312 g/mol. The lowest BCUT2D eigenvalue weighted by Crippen LogP contribution is -2.30. The number of carbonyl (C=O) groups is 1. The van der Waals surface area contributed by atoms with Gasteiger partial charge < -0.3 is 20.5 Å². The maximum Gasteiger partial charge on any atom is 0.253 e. The van der Waals surface area contributed by atoms with E-state index in [1.165, 1.54) is 0 Å². The van der Waals surface area contributed by atoms with E-state index in [-0.39, 0.29) is 30.1 Å². The number of hydrogen-bond donors (Lipinski definition) is 2. The number of sulfone groups is 1. The number of nitrogens with two attached hydrogens (primary N) is 1. The molecule has 3 N–H and O–H groups in total. The van der Waals surface area contributed by atoms with Crippen LogP contribution in [0.15, 0.2) is 12.1 Å². The Balaban J connectivity index is 1.66. The fraction of sp³-hybridized carbons (Fsp3) is 0.462. The summed E-state index contributed by atoms with van der Waals surface area (Å²) in [6.07, 6.45) is 0.583. The maximum atomic E-state index is 12.1. The molecule has 0 bridgehead atoms. The van der Waals surface area contributed by atoms with Crippen molar-refractivity contribution < 1.29 is 22.7 Å². The molecule has 1 fully saturated rings. The van der Waals surface area contributed by atoms with E-state index in [0.29, 0.717) is 35.7 Å². The first-order valence-corrected chi connectivity index (χ1v) is 8.44. The van der Waals surface area contributed by atoms with Gasteiger partial charge in [-0.2, -0.15) is 0 Å². The molecule has 7 nitrogen and oxygen atoms in total. The summed E-state index contributed by atoms with van der Waals surface area (Å²) in [5.74, 6) is 0.955. The average molecular weight is 312 g/mol. The van der Waals surface area contributed by atoms with Gasteiger partial charge in [0.05, 0.1) is 17.1 Å². The minimum absolute atomic E-state index is 0.0332. The molecule has 2 aliphatic heterocycles. The molecule has 0 radical (unpaired) electrons. The molecular formula is C13H16N2O5S. The molecule has 3 rings (SSSR count). The van der Waals surface area contributed by atoms with Crippen LogP contribution in [0.4, 0.5) is 5.69 Å². The molecule has 1 unspecified atom stereocenters. The minimum Gasteiger partial charge on any atom is -0.454 e. The Morgan fingerprint density at radius 3 is 2.71 bits per heavy atom. The summed E-state index contributed by atoms with van der Waals surface area (Å²) in [4.78, 5) is 12.1. The van der Waals surface area contributed by atoms with Crippen molar-refractivity contribution in [2.24, 2.45) is 5.92 Å². The first-order valence-electron chi connectivity index (χ1n) is 6.62. The van der Waals surface area contributed by atoms with Gasteiger partial charge in [0.15, 0.2) is 21.3 Å². The van der Waals surface area contributed by atoms with Crippen LogP contribution < -0.4 is 20.5 Å². The van der Waals surface area contributed by atoms with Crippen molar-refractivity contribution in [3.05, 3.63) is 17.7 Å². The molecule has 1 atom stereocenters. The van der Waals surface area contributed by atoms with Crippen LogP contribution in [0.3, 0.4) is 0 Å². The Labute approximate surface area is 122 Å². The van der Waals surface area contributed by atoms with Crippen molar-refractivity contribution >= 4 is 21.4 Å². The summed E-state index contributed by atoms with van der Waals surface area (Å²) in [7, 11) is -2.94. The molecule has 2 aliphatic rings. The summed E-state index contributed by atoms with van der Waals surface area (Å²) >= 11 is 0. The predicted molar refractivity (Wildman–Crippen MR) is 76.1 cm³/mol. The third kappa shape index (κ3) is 2.90. The lowest BCUT2D eigenvalue weighted by atomic mass is 10.1. The number of nitrogen functional groups attached to an aromatic ring is 1. The van der Waals surface area contributed by atoms with Gasteiger partial charge in [0.25, 0.3) is 5.91 Å². The summed E-state index contributed by atoms with van der Waals surface area (Å²) in [5, 5.41) is 2.73. The highest BCUT2D eigenvalue weighted by molar-refractivity contribution is 7.91. The van der Waals surface area contributed by atoms with Gasteiger partial charge in [0.1, 0.15) is 0 Å². The Hall–Kier alpha value is -1.96. The van der Waals surface area contributed by atoms with E-state index in [2.05, 4.69) is 5.32 Å². The normalized spacial score (nSPS) is 22.2. The van der Waals surface area contributed by atoms with E-state index in [4.69, 9.17) is 15.2 Å². The molecule has 0 aromatic heterocycles. The number of anilines is 1. The van der Waals surface area contributed by atoms with Crippen molar-refractivity contribution in [2.45, 2.75) is 6.42 Å². The molecule has 0 saturated carbocycles. The highest BCUT2D eigenvalue weighted by atomic mass is 32.2. The quantitative estimate of drug-likeness (QED) is 0.770. The minimum atomic E-state index is -2.94. The smallest absolute Gasteiger partial charge is 0.253 e. The topological polar surface area (TPSA) is 108 Å². The molecule has 1 saturated heterocycles. The van der Waals surface area contributed by atoms with Crippen LogP contribution in [-0.4, -0.2) is 39.2 Å². The number of ether oxygens (including phenoxy) is 2. The van der Waals surface area contributed by atoms with Crippen LogP contribution in [0, 0.1) is 5.92 Å². The molecular weight excluding hydrogens is 296 g/mol. The highest BCUT2D eigenvalue weighted by Crippen LogP contribution is 2.35. The second-order valence-corrected chi connectivity index (χ2v) is 7.50. The Morgan fingerprint density at radius 2 is 2.05 bits per heavy atom. The average Bonchev–Trinajstić information content (AvgIpc) is 3.00. The Bertz CT molecular complexity index is 686. The zero-order chi connectivity index (χ0) is 15.0. The molecule has 1 aromatic rings. The molecule has 2 heterocycles. The summed E-state index contributed by atoms with van der Waals surface area (Å²) in [6.45, 7) is 0.436. The van der Waals surface area contributed by atoms with Gasteiger partial charge in [-0.05, 0) is 18.4 Å². The number of rotatable bonds is 3. The van der Waals surface area contributed by atoms with E-state index in [0.717, 1.165) is 0 Å². The first-order chi connectivity index (χ1) is 9.94. The predicted octanol–water partition coefficient (Wildman–Crippen LogP) is 0.162. The number of hydrogen-bond acceptors (Lipinski definition) is 6. The van der Waals surface area contributed by atoms with Crippen molar-refractivity contribution in [2.75, 3.05) is 30.6 Å². The third-order valence-corrected chi connectivity index (χ3v) is 5.50. The van der Waals surface area contributed by atoms with Crippen LogP contribution in [0.1, 0.15) is 16.8 Å². The fourth-order valence-corrected chi connectivity index (χ4v) is 4.38. The number of benzene rings is 1. The van der Waals surface area contributed by atoms with E-state index in [1.807, 2.05) is 0 Å². The maximum absolute atomic E-state index is 12.1. The first kappa shape index (κ1) is 14.0. The summed E-state index contributed by atoms with van der Waals surface area (Å²) in [6, 6.07) is 3.09. The SMILES string of the molecule is Nc1cc2c(cc1C(=O)NCC1CCS(=O)(=O)C1)OCO2. The lowest BCUT2D eigenvalue weighted by molar-refractivity contribution is 0.0949.